The van der Waals surface area contributed by atoms with Crippen LogP contribution in [-0.2, 0) is 0 Å². The fourth-order valence-electron chi connectivity index (χ4n) is 4.92. The molecule has 0 aliphatic heterocycles. The maximum Gasteiger partial charge on any atom is 0.0177 e. The predicted molar refractivity (Wildman–Crippen MR) is 73.0 cm³/mol. The van der Waals surface area contributed by atoms with Crippen LogP contribution in [0.2, 0.25) is 0 Å². The van der Waals surface area contributed by atoms with Crippen LogP contribution in [0.4, 0.5) is 0 Å². The Morgan fingerprint density at radius 1 is 1.18 bits per heavy atom. The number of hydrogen-bond donors (Lipinski definition) is 1. The van der Waals surface area contributed by atoms with Gasteiger partial charge in [0, 0.05) is 12.1 Å². The molecule has 0 heterocycles. The van der Waals surface area contributed by atoms with Crippen molar-refractivity contribution in [2.75, 3.05) is 0 Å². The molecule has 3 rings (SSSR count). The summed E-state index contributed by atoms with van der Waals surface area (Å²) < 4.78 is 0. The largest absolute Gasteiger partial charge is 0.310 e. The second-order valence-electron chi connectivity index (χ2n) is 8.09. The van der Waals surface area contributed by atoms with Gasteiger partial charge >= 0.3 is 0 Å². The highest BCUT2D eigenvalue weighted by Crippen LogP contribution is 2.62. The second-order valence-corrected chi connectivity index (χ2v) is 8.09. The topological polar surface area (TPSA) is 12.0 Å². The number of hydrogen-bond acceptors (Lipinski definition) is 1. The van der Waals surface area contributed by atoms with Gasteiger partial charge in [0.2, 0.25) is 0 Å². The molecule has 2 unspecified atom stereocenters. The molecule has 0 amide bonds. The Labute approximate surface area is 107 Å². The van der Waals surface area contributed by atoms with Gasteiger partial charge in [-0.15, -0.1) is 0 Å². The van der Waals surface area contributed by atoms with E-state index in [2.05, 4.69) is 33.0 Å². The van der Waals surface area contributed by atoms with E-state index in [1.165, 1.54) is 38.5 Å². The summed E-state index contributed by atoms with van der Waals surface area (Å²) in [5.74, 6) is 2.02. The van der Waals surface area contributed by atoms with E-state index in [1.807, 2.05) is 0 Å². The highest BCUT2D eigenvalue weighted by molar-refractivity contribution is 5.12. The van der Waals surface area contributed by atoms with Crippen molar-refractivity contribution in [1.82, 2.24) is 5.32 Å². The molecular weight excluding hydrogens is 206 g/mol. The van der Waals surface area contributed by atoms with Crippen LogP contribution in [0.15, 0.2) is 0 Å². The summed E-state index contributed by atoms with van der Waals surface area (Å²) in [6.07, 6.45) is 8.77. The monoisotopic (exact) mass is 235 g/mol. The summed E-state index contributed by atoms with van der Waals surface area (Å²) in [5.41, 5.74) is 1.11. The first-order valence-electron chi connectivity index (χ1n) is 7.68. The zero-order chi connectivity index (χ0) is 12.3. The van der Waals surface area contributed by atoms with Crippen LogP contribution in [0, 0.1) is 22.7 Å². The van der Waals surface area contributed by atoms with E-state index in [9.17, 15) is 0 Å². The smallest absolute Gasteiger partial charge is 0.0177 e. The quantitative estimate of drug-likeness (QED) is 0.777. The van der Waals surface area contributed by atoms with Gasteiger partial charge < -0.3 is 5.32 Å². The molecule has 1 heteroatoms. The van der Waals surface area contributed by atoms with Crippen LogP contribution < -0.4 is 5.32 Å². The van der Waals surface area contributed by atoms with Crippen molar-refractivity contribution >= 4 is 0 Å². The molecule has 1 N–H and O–H groups in total. The zero-order valence-electron chi connectivity index (χ0n) is 12.1. The molecule has 2 bridgehead atoms. The lowest BCUT2D eigenvalue weighted by Gasteiger charge is -2.44. The number of nitrogens with one attached hydrogen (secondary N) is 1. The Kier molecular flexibility index (Phi) is 2.63. The number of fused-ring (bicyclic) bond motifs is 2. The second kappa shape index (κ2) is 3.73. The summed E-state index contributed by atoms with van der Waals surface area (Å²) in [6.45, 7) is 9.94. The fraction of sp³-hybridized carbons (Fsp3) is 1.00. The van der Waals surface area contributed by atoms with E-state index in [0.29, 0.717) is 10.8 Å². The summed E-state index contributed by atoms with van der Waals surface area (Å²) >= 11 is 0. The first-order valence-corrected chi connectivity index (χ1v) is 7.68. The maximum atomic E-state index is 4.01. The Balaban J connectivity index is 1.68. The Morgan fingerprint density at radius 3 is 2.41 bits per heavy atom. The normalized spacial score (nSPS) is 45.2. The lowest BCUT2D eigenvalue weighted by molar-refractivity contribution is 0.0984. The van der Waals surface area contributed by atoms with Gasteiger partial charge in [-0.1, -0.05) is 33.6 Å². The van der Waals surface area contributed by atoms with Crippen molar-refractivity contribution in [3.63, 3.8) is 0 Å². The minimum Gasteiger partial charge on any atom is -0.310 e. The van der Waals surface area contributed by atoms with Gasteiger partial charge in [0.15, 0.2) is 0 Å². The Hall–Kier alpha value is -0.0400. The van der Waals surface area contributed by atoms with E-state index >= 15 is 0 Å². The molecule has 0 aromatic heterocycles. The molecule has 3 fully saturated rings. The van der Waals surface area contributed by atoms with Crippen molar-refractivity contribution in [3.8, 4) is 0 Å². The predicted octanol–water partition coefficient (Wildman–Crippen LogP) is 3.98. The van der Waals surface area contributed by atoms with Crippen LogP contribution in [0.3, 0.4) is 0 Å². The fourth-order valence-corrected chi connectivity index (χ4v) is 4.92. The van der Waals surface area contributed by atoms with E-state index in [0.717, 1.165) is 23.9 Å². The minimum atomic E-state index is 0.519. The lowest BCUT2D eigenvalue weighted by Crippen LogP contribution is -2.53. The molecule has 1 nitrogen and oxygen atoms in total. The minimum absolute atomic E-state index is 0.519. The Morgan fingerprint density at radius 2 is 1.88 bits per heavy atom. The van der Waals surface area contributed by atoms with Crippen LogP contribution in [0.25, 0.3) is 0 Å². The molecule has 3 aliphatic rings. The molecule has 0 saturated heterocycles. The third-order valence-electron chi connectivity index (χ3n) is 6.10. The van der Waals surface area contributed by atoms with Gasteiger partial charge in [-0.05, 0) is 55.3 Å². The number of rotatable bonds is 4. The van der Waals surface area contributed by atoms with E-state index in [1.54, 1.807) is 0 Å². The van der Waals surface area contributed by atoms with Gasteiger partial charge in [0.1, 0.15) is 0 Å². The van der Waals surface area contributed by atoms with Crippen molar-refractivity contribution in [2.24, 2.45) is 22.7 Å². The van der Waals surface area contributed by atoms with Crippen molar-refractivity contribution in [2.45, 2.75) is 78.3 Å². The highest BCUT2D eigenvalue weighted by atomic mass is 15.0. The van der Waals surface area contributed by atoms with Gasteiger partial charge in [-0.2, -0.15) is 0 Å². The molecular formula is C16H29N. The highest BCUT2D eigenvalue weighted by Gasteiger charge is 2.59. The van der Waals surface area contributed by atoms with Crippen LogP contribution in [-0.4, -0.2) is 12.1 Å². The average Bonchev–Trinajstić information content (AvgIpc) is 2.90. The standard InChI is InChI=1S/C16H29N/c1-11(9-12-5-6-12)17-14-15(2,3)13-7-8-16(14,4)10-13/h11-14,17H,5-10H2,1-4H3/t11?,13-,14?,16+/m0/s1. The maximum absolute atomic E-state index is 4.01. The van der Waals surface area contributed by atoms with Crippen molar-refractivity contribution < 1.29 is 0 Å². The summed E-state index contributed by atoms with van der Waals surface area (Å²) in [6, 6.07) is 1.48. The molecule has 4 atom stereocenters. The molecule has 3 saturated carbocycles. The average molecular weight is 235 g/mol. The van der Waals surface area contributed by atoms with Gasteiger partial charge in [-0.25, -0.2) is 0 Å². The lowest BCUT2D eigenvalue weighted by atomic mass is 9.68. The van der Waals surface area contributed by atoms with Crippen molar-refractivity contribution in [1.29, 1.82) is 0 Å². The molecule has 0 aromatic carbocycles. The van der Waals surface area contributed by atoms with E-state index in [4.69, 9.17) is 0 Å². The van der Waals surface area contributed by atoms with Crippen LogP contribution in [0.5, 0.6) is 0 Å². The molecule has 17 heavy (non-hydrogen) atoms. The summed E-state index contributed by atoms with van der Waals surface area (Å²) in [4.78, 5) is 0. The molecule has 3 aliphatic carbocycles. The zero-order valence-corrected chi connectivity index (χ0v) is 12.1. The summed E-state index contributed by atoms with van der Waals surface area (Å²) in [5, 5.41) is 4.01. The molecule has 98 valence electrons. The SMILES string of the molecule is CC(CC1CC1)NC1C(C)(C)[C@H]2CC[C@]1(C)C2. The molecule has 0 aromatic rings. The van der Waals surface area contributed by atoms with Crippen LogP contribution in [0.1, 0.15) is 66.2 Å². The van der Waals surface area contributed by atoms with Crippen LogP contribution >= 0.6 is 0 Å². The first-order chi connectivity index (χ1) is 7.92. The summed E-state index contributed by atoms with van der Waals surface area (Å²) in [7, 11) is 0. The van der Waals surface area contributed by atoms with Gasteiger partial charge in [-0.3, -0.25) is 0 Å². The molecule has 0 spiro atoms. The Bertz CT molecular complexity index is 300. The first kappa shape index (κ1) is 12.0. The third kappa shape index (κ3) is 1.95. The van der Waals surface area contributed by atoms with E-state index < -0.39 is 0 Å². The van der Waals surface area contributed by atoms with E-state index in [-0.39, 0.29) is 0 Å². The van der Waals surface area contributed by atoms with Gasteiger partial charge in [0.25, 0.3) is 0 Å². The van der Waals surface area contributed by atoms with Crippen molar-refractivity contribution in [3.05, 3.63) is 0 Å². The third-order valence-corrected chi connectivity index (χ3v) is 6.10. The molecule has 0 radical (unpaired) electrons. The van der Waals surface area contributed by atoms with Gasteiger partial charge in [0.05, 0.1) is 0 Å².